The molecule has 0 heterocycles. The molecule has 0 aromatic rings. The summed E-state index contributed by atoms with van der Waals surface area (Å²) >= 11 is 0. The number of hydrogen-bond donors (Lipinski definition) is 3. The zero-order chi connectivity index (χ0) is 50.0. The van der Waals surface area contributed by atoms with Gasteiger partial charge in [-0.25, -0.2) is 0 Å². The summed E-state index contributed by atoms with van der Waals surface area (Å²) in [7, 11) is 0. The second-order valence-corrected chi connectivity index (χ2v) is 21.7. The van der Waals surface area contributed by atoms with Crippen LogP contribution in [0.4, 0.5) is 0 Å². The summed E-state index contributed by atoms with van der Waals surface area (Å²) in [6.07, 6.45) is 70.8. The lowest BCUT2D eigenvalue weighted by Crippen LogP contribution is -2.45. The first-order chi connectivity index (χ1) is 34.0. The monoisotopic (exact) mass is 974 g/mol. The summed E-state index contributed by atoms with van der Waals surface area (Å²) in [5.41, 5.74) is 0. The average molecular weight is 975 g/mol. The van der Waals surface area contributed by atoms with Gasteiger partial charge in [-0.3, -0.25) is 9.59 Å². The number of carbonyl (C=O) groups is 2. The molecule has 69 heavy (non-hydrogen) atoms. The Hall–Kier alpha value is -1.40. The summed E-state index contributed by atoms with van der Waals surface area (Å²) in [6, 6.07) is -0.546. The molecule has 0 rings (SSSR count). The maximum absolute atomic E-state index is 12.5. The first kappa shape index (κ1) is 67.6. The number of amides is 1. The van der Waals surface area contributed by atoms with Crippen LogP contribution in [0.25, 0.3) is 0 Å². The van der Waals surface area contributed by atoms with Crippen molar-refractivity contribution in [3.05, 3.63) is 12.2 Å². The van der Waals surface area contributed by atoms with Crippen LogP contribution in [0.2, 0.25) is 0 Å². The highest BCUT2D eigenvalue weighted by atomic mass is 16.5. The fourth-order valence-electron chi connectivity index (χ4n) is 9.99. The van der Waals surface area contributed by atoms with E-state index in [4.69, 9.17) is 4.74 Å². The molecule has 0 aromatic heterocycles. The van der Waals surface area contributed by atoms with E-state index in [0.717, 1.165) is 38.5 Å². The van der Waals surface area contributed by atoms with Gasteiger partial charge in [0.2, 0.25) is 5.91 Å². The van der Waals surface area contributed by atoms with Gasteiger partial charge in [0.05, 0.1) is 25.4 Å². The molecule has 3 N–H and O–H groups in total. The zero-order valence-corrected chi connectivity index (χ0v) is 46.8. The number of esters is 1. The van der Waals surface area contributed by atoms with Crippen LogP contribution in [0.5, 0.6) is 0 Å². The molecular formula is C63H123NO5. The van der Waals surface area contributed by atoms with Crippen LogP contribution < -0.4 is 5.32 Å². The highest BCUT2D eigenvalue weighted by Gasteiger charge is 2.20. The van der Waals surface area contributed by atoms with Gasteiger partial charge in [-0.05, 0) is 51.4 Å². The summed E-state index contributed by atoms with van der Waals surface area (Å²) in [6.45, 7) is 4.97. The Morgan fingerprint density at radius 2 is 0.681 bits per heavy atom. The second-order valence-electron chi connectivity index (χ2n) is 21.7. The van der Waals surface area contributed by atoms with Crippen molar-refractivity contribution < 1.29 is 24.5 Å². The first-order valence-electron chi connectivity index (χ1n) is 31.4. The van der Waals surface area contributed by atoms with Crippen molar-refractivity contribution >= 4 is 11.9 Å². The molecule has 2 unspecified atom stereocenters. The number of rotatable bonds is 59. The molecule has 0 aromatic carbocycles. The van der Waals surface area contributed by atoms with Crippen LogP contribution in [0, 0.1) is 0 Å². The molecule has 1 amide bonds. The second kappa shape index (κ2) is 59.2. The van der Waals surface area contributed by atoms with Crippen molar-refractivity contribution in [1.29, 1.82) is 0 Å². The Labute approximate surface area is 431 Å². The summed E-state index contributed by atoms with van der Waals surface area (Å²) in [5.74, 6) is -0.0280. The van der Waals surface area contributed by atoms with Gasteiger partial charge in [0.15, 0.2) is 0 Å². The predicted octanol–water partition coefficient (Wildman–Crippen LogP) is 19.6. The molecule has 0 aliphatic rings. The van der Waals surface area contributed by atoms with E-state index in [0.29, 0.717) is 25.9 Å². The molecule has 0 aliphatic heterocycles. The fraction of sp³-hybridized carbons (Fsp3) is 0.937. The van der Waals surface area contributed by atoms with Crippen LogP contribution >= 0.6 is 0 Å². The van der Waals surface area contributed by atoms with Gasteiger partial charge in [-0.2, -0.15) is 0 Å². The van der Waals surface area contributed by atoms with E-state index in [2.05, 4.69) is 31.3 Å². The van der Waals surface area contributed by atoms with Crippen LogP contribution in [0.3, 0.4) is 0 Å². The Morgan fingerprint density at radius 3 is 1.03 bits per heavy atom. The SMILES string of the molecule is CCCCCCCCCCCCCCCCCCCCCC(O)C(CO)NC(=O)CCCCCCCCC/C=C\CCCCCCCCCCCCCOC(=O)CCCCCCCCCCCCC. The molecule has 0 spiro atoms. The molecule has 0 radical (unpaired) electrons. The third kappa shape index (κ3) is 55.8. The molecule has 0 saturated carbocycles. The third-order valence-corrected chi connectivity index (χ3v) is 14.8. The Bertz CT molecular complexity index is 1030. The highest BCUT2D eigenvalue weighted by molar-refractivity contribution is 5.76. The van der Waals surface area contributed by atoms with Gasteiger partial charge in [0, 0.05) is 12.8 Å². The number of allylic oxidation sites excluding steroid dienone is 2. The van der Waals surface area contributed by atoms with E-state index < -0.39 is 12.1 Å². The van der Waals surface area contributed by atoms with Gasteiger partial charge in [0.25, 0.3) is 0 Å². The Morgan fingerprint density at radius 1 is 0.391 bits per heavy atom. The fourth-order valence-corrected chi connectivity index (χ4v) is 9.99. The lowest BCUT2D eigenvalue weighted by molar-refractivity contribution is -0.143. The van der Waals surface area contributed by atoms with Crippen molar-refractivity contribution in [3.63, 3.8) is 0 Å². The number of ether oxygens (including phenoxy) is 1. The molecule has 2 atom stereocenters. The minimum absolute atomic E-state index is 0.0104. The van der Waals surface area contributed by atoms with Gasteiger partial charge >= 0.3 is 5.97 Å². The number of carbonyl (C=O) groups excluding carboxylic acids is 2. The molecule has 0 aliphatic carbocycles. The topological polar surface area (TPSA) is 95.9 Å². The maximum Gasteiger partial charge on any atom is 0.305 e. The van der Waals surface area contributed by atoms with Crippen molar-refractivity contribution in [3.8, 4) is 0 Å². The zero-order valence-electron chi connectivity index (χ0n) is 46.8. The molecule has 0 saturated heterocycles. The third-order valence-electron chi connectivity index (χ3n) is 14.8. The summed E-state index contributed by atoms with van der Waals surface area (Å²) in [5, 5.41) is 23.3. The Kier molecular flexibility index (Phi) is 58.0. The lowest BCUT2D eigenvalue weighted by Gasteiger charge is -2.22. The maximum atomic E-state index is 12.5. The number of unbranched alkanes of at least 4 members (excludes halogenated alkanes) is 46. The first-order valence-corrected chi connectivity index (χ1v) is 31.4. The summed E-state index contributed by atoms with van der Waals surface area (Å²) < 4.78 is 5.46. The molecule has 410 valence electrons. The van der Waals surface area contributed by atoms with Crippen molar-refractivity contribution in [1.82, 2.24) is 5.32 Å². The van der Waals surface area contributed by atoms with Gasteiger partial charge < -0.3 is 20.3 Å². The standard InChI is InChI=1S/C63H123NO5/c1-3-5-7-9-11-13-15-16-17-18-23-26-29-32-36-39-43-47-51-55-61(66)60(59-65)64-62(67)56-52-48-44-40-37-33-30-27-24-21-19-20-22-25-28-31-34-38-42-46-50-54-58-69-63(68)57-53-49-45-41-35-14-12-10-8-6-4-2/h21,24,60-61,65-66H,3-20,22-23,25-59H2,1-2H3,(H,64,67)/b24-21-. The average Bonchev–Trinajstić information content (AvgIpc) is 3.35. The van der Waals surface area contributed by atoms with Crippen LogP contribution in [0.15, 0.2) is 12.2 Å². The van der Waals surface area contributed by atoms with E-state index in [1.54, 1.807) is 0 Å². The predicted molar refractivity (Wildman–Crippen MR) is 301 cm³/mol. The van der Waals surface area contributed by atoms with Crippen molar-refractivity contribution in [2.45, 2.75) is 366 Å². The molecule has 0 bridgehead atoms. The van der Waals surface area contributed by atoms with E-state index in [1.165, 1.54) is 283 Å². The molecule has 6 nitrogen and oxygen atoms in total. The van der Waals surface area contributed by atoms with E-state index >= 15 is 0 Å². The summed E-state index contributed by atoms with van der Waals surface area (Å²) in [4.78, 5) is 24.5. The van der Waals surface area contributed by atoms with Crippen molar-refractivity contribution in [2.75, 3.05) is 13.2 Å². The number of hydrogen-bond acceptors (Lipinski definition) is 5. The number of nitrogens with one attached hydrogen (secondary N) is 1. The van der Waals surface area contributed by atoms with E-state index in [1.807, 2.05) is 0 Å². The molecule has 0 fully saturated rings. The quantitative estimate of drug-likeness (QED) is 0.0321. The number of aliphatic hydroxyl groups is 2. The lowest BCUT2D eigenvalue weighted by atomic mass is 10.0. The highest BCUT2D eigenvalue weighted by Crippen LogP contribution is 2.18. The van der Waals surface area contributed by atoms with Gasteiger partial charge in [-0.15, -0.1) is 0 Å². The molecule has 6 heteroatoms. The molecular weight excluding hydrogens is 851 g/mol. The minimum Gasteiger partial charge on any atom is -0.466 e. The largest absolute Gasteiger partial charge is 0.466 e. The van der Waals surface area contributed by atoms with Gasteiger partial charge in [0.1, 0.15) is 0 Å². The Balaban J connectivity index is 3.42. The smallest absolute Gasteiger partial charge is 0.305 e. The van der Waals surface area contributed by atoms with E-state index in [-0.39, 0.29) is 18.5 Å². The van der Waals surface area contributed by atoms with Gasteiger partial charge in [-0.1, -0.05) is 302 Å². The van der Waals surface area contributed by atoms with Crippen LogP contribution in [-0.2, 0) is 14.3 Å². The van der Waals surface area contributed by atoms with Crippen LogP contribution in [0.1, 0.15) is 354 Å². The van der Waals surface area contributed by atoms with Crippen LogP contribution in [-0.4, -0.2) is 47.4 Å². The normalized spacial score (nSPS) is 12.6. The van der Waals surface area contributed by atoms with Crippen molar-refractivity contribution in [2.24, 2.45) is 0 Å². The van der Waals surface area contributed by atoms with E-state index in [9.17, 15) is 19.8 Å². The minimum atomic E-state index is -0.668. The number of aliphatic hydroxyl groups excluding tert-OH is 2.